The van der Waals surface area contributed by atoms with Crippen molar-refractivity contribution in [2.75, 3.05) is 6.54 Å². The Kier molecular flexibility index (Phi) is 2.25. The van der Waals surface area contributed by atoms with E-state index in [4.69, 9.17) is 6.42 Å². The molecule has 0 heterocycles. The van der Waals surface area contributed by atoms with Crippen molar-refractivity contribution in [2.24, 2.45) is 11.3 Å². The molecule has 62 valence electrons. The van der Waals surface area contributed by atoms with Gasteiger partial charge in [0.05, 0.1) is 6.04 Å². The number of terminal acetylenes is 1. The van der Waals surface area contributed by atoms with Gasteiger partial charge in [0.1, 0.15) is 0 Å². The largest absolute Gasteiger partial charge is 0.304 e. The van der Waals surface area contributed by atoms with Gasteiger partial charge >= 0.3 is 0 Å². The molecule has 0 bridgehead atoms. The molecule has 1 aliphatic rings. The Hall–Kier alpha value is -0.480. The molecule has 0 amide bonds. The van der Waals surface area contributed by atoms with Gasteiger partial charge in [0.15, 0.2) is 0 Å². The molecule has 11 heavy (non-hydrogen) atoms. The van der Waals surface area contributed by atoms with Gasteiger partial charge in [0, 0.05) is 0 Å². The standard InChI is InChI=1S/C10H17N/c1-5-9(11-6-2)8-7-10(8,3)4/h1,8-9,11H,6-7H2,2-4H3. The summed E-state index contributed by atoms with van der Waals surface area (Å²) in [4.78, 5) is 0. The van der Waals surface area contributed by atoms with Crippen LogP contribution in [0.1, 0.15) is 27.2 Å². The lowest BCUT2D eigenvalue weighted by atomic mass is 10.0. The number of nitrogens with one attached hydrogen (secondary N) is 1. The zero-order chi connectivity index (χ0) is 8.48. The van der Waals surface area contributed by atoms with Crippen molar-refractivity contribution < 1.29 is 0 Å². The fraction of sp³-hybridized carbons (Fsp3) is 0.800. The molecule has 0 aromatic carbocycles. The van der Waals surface area contributed by atoms with Crippen molar-refractivity contribution in [3.05, 3.63) is 0 Å². The maximum Gasteiger partial charge on any atom is 0.0720 e. The summed E-state index contributed by atoms with van der Waals surface area (Å²) < 4.78 is 0. The van der Waals surface area contributed by atoms with Crippen molar-refractivity contribution in [3.8, 4) is 12.3 Å². The molecule has 0 saturated heterocycles. The summed E-state index contributed by atoms with van der Waals surface area (Å²) in [6.07, 6.45) is 6.68. The molecule has 0 radical (unpaired) electrons. The molecule has 1 rings (SSSR count). The van der Waals surface area contributed by atoms with Gasteiger partial charge in [-0.3, -0.25) is 0 Å². The minimum atomic E-state index is 0.301. The highest BCUT2D eigenvalue weighted by Gasteiger charge is 2.49. The molecule has 1 fully saturated rings. The highest BCUT2D eigenvalue weighted by Crippen LogP contribution is 2.53. The van der Waals surface area contributed by atoms with Crippen LogP contribution in [0.2, 0.25) is 0 Å². The molecule has 0 aromatic rings. The van der Waals surface area contributed by atoms with Gasteiger partial charge in [-0.05, 0) is 24.3 Å². The normalized spacial score (nSPS) is 29.1. The molecular weight excluding hydrogens is 134 g/mol. The topological polar surface area (TPSA) is 12.0 Å². The first-order valence-electron chi connectivity index (χ1n) is 4.31. The molecule has 0 spiro atoms. The van der Waals surface area contributed by atoms with Gasteiger partial charge < -0.3 is 5.32 Å². The summed E-state index contributed by atoms with van der Waals surface area (Å²) in [6.45, 7) is 7.62. The zero-order valence-electron chi connectivity index (χ0n) is 7.65. The molecule has 2 unspecified atom stereocenters. The third kappa shape index (κ3) is 1.75. The number of hydrogen-bond acceptors (Lipinski definition) is 1. The first-order chi connectivity index (χ1) is 5.11. The van der Waals surface area contributed by atoms with E-state index >= 15 is 0 Å². The van der Waals surface area contributed by atoms with Crippen LogP contribution in [-0.4, -0.2) is 12.6 Å². The zero-order valence-corrected chi connectivity index (χ0v) is 7.65. The third-order valence-corrected chi connectivity index (χ3v) is 2.60. The lowest BCUT2D eigenvalue weighted by molar-refractivity contribution is 0.476. The average Bonchev–Trinajstić information content (AvgIpc) is 2.55. The van der Waals surface area contributed by atoms with Crippen LogP contribution in [0.5, 0.6) is 0 Å². The van der Waals surface area contributed by atoms with E-state index in [1.54, 1.807) is 0 Å². The minimum absolute atomic E-state index is 0.301. The smallest absolute Gasteiger partial charge is 0.0720 e. The van der Waals surface area contributed by atoms with Crippen molar-refractivity contribution >= 4 is 0 Å². The molecule has 1 saturated carbocycles. The summed E-state index contributed by atoms with van der Waals surface area (Å²) in [5.74, 6) is 3.51. The molecular formula is C10H17N. The number of rotatable bonds is 3. The second-order valence-electron chi connectivity index (χ2n) is 4.00. The van der Waals surface area contributed by atoms with Crippen LogP contribution in [0.15, 0.2) is 0 Å². The van der Waals surface area contributed by atoms with Crippen LogP contribution in [-0.2, 0) is 0 Å². The van der Waals surface area contributed by atoms with E-state index in [0.717, 1.165) is 6.54 Å². The first-order valence-corrected chi connectivity index (χ1v) is 4.31. The molecule has 2 atom stereocenters. The number of hydrogen-bond donors (Lipinski definition) is 1. The molecule has 0 aliphatic heterocycles. The molecule has 1 N–H and O–H groups in total. The van der Waals surface area contributed by atoms with Crippen LogP contribution in [0.25, 0.3) is 0 Å². The molecule has 1 nitrogen and oxygen atoms in total. The van der Waals surface area contributed by atoms with E-state index in [0.29, 0.717) is 17.4 Å². The van der Waals surface area contributed by atoms with Gasteiger partial charge in [0.25, 0.3) is 0 Å². The first kappa shape index (κ1) is 8.62. The highest BCUT2D eigenvalue weighted by atomic mass is 14.9. The molecule has 1 aliphatic carbocycles. The molecule has 0 aromatic heterocycles. The summed E-state index contributed by atoms with van der Waals surface area (Å²) in [6, 6.07) is 0.301. The van der Waals surface area contributed by atoms with Gasteiger partial charge in [-0.25, -0.2) is 0 Å². The Morgan fingerprint density at radius 1 is 1.73 bits per heavy atom. The van der Waals surface area contributed by atoms with E-state index in [1.165, 1.54) is 6.42 Å². The average molecular weight is 151 g/mol. The maximum atomic E-state index is 5.41. The quantitative estimate of drug-likeness (QED) is 0.605. The van der Waals surface area contributed by atoms with E-state index in [9.17, 15) is 0 Å². The predicted octanol–water partition coefficient (Wildman–Crippen LogP) is 1.64. The fourth-order valence-corrected chi connectivity index (χ4v) is 1.61. The van der Waals surface area contributed by atoms with Gasteiger partial charge in [0.2, 0.25) is 0 Å². The Bertz CT molecular complexity index is 176. The SMILES string of the molecule is C#CC(NCC)C1CC1(C)C. The fourth-order valence-electron chi connectivity index (χ4n) is 1.61. The monoisotopic (exact) mass is 151 g/mol. The second-order valence-corrected chi connectivity index (χ2v) is 4.00. The predicted molar refractivity (Wildman–Crippen MR) is 48.2 cm³/mol. The van der Waals surface area contributed by atoms with Crippen molar-refractivity contribution in [2.45, 2.75) is 33.2 Å². The molecule has 1 heteroatoms. The lowest BCUT2D eigenvalue weighted by Crippen LogP contribution is -2.30. The summed E-state index contributed by atoms with van der Waals surface area (Å²) in [5, 5.41) is 3.31. The summed E-state index contributed by atoms with van der Waals surface area (Å²) in [7, 11) is 0. The summed E-state index contributed by atoms with van der Waals surface area (Å²) in [5.41, 5.74) is 0.485. The van der Waals surface area contributed by atoms with Crippen LogP contribution in [0, 0.1) is 23.7 Å². The Morgan fingerprint density at radius 3 is 2.55 bits per heavy atom. The third-order valence-electron chi connectivity index (χ3n) is 2.60. The van der Waals surface area contributed by atoms with Crippen LogP contribution < -0.4 is 5.32 Å². The van der Waals surface area contributed by atoms with Gasteiger partial charge in [-0.1, -0.05) is 26.7 Å². The lowest BCUT2D eigenvalue weighted by Gasteiger charge is -2.12. The van der Waals surface area contributed by atoms with Crippen molar-refractivity contribution in [3.63, 3.8) is 0 Å². The van der Waals surface area contributed by atoms with Crippen LogP contribution >= 0.6 is 0 Å². The minimum Gasteiger partial charge on any atom is -0.304 e. The van der Waals surface area contributed by atoms with Gasteiger partial charge in [-0.15, -0.1) is 6.42 Å². The van der Waals surface area contributed by atoms with Crippen molar-refractivity contribution in [1.29, 1.82) is 0 Å². The highest BCUT2D eigenvalue weighted by molar-refractivity contribution is 5.12. The Morgan fingerprint density at radius 2 is 2.27 bits per heavy atom. The van der Waals surface area contributed by atoms with Crippen molar-refractivity contribution in [1.82, 2.24) is 5.32 Å². The maximum absolute atomic E-state index is 5.41. The van der Waals surface area contributed by atoms with E-state index in [1.807, 2.05) is 0 Å². The van der Waals surface area contributed by atoms with E-state index in [2.05, 4.69) is 32.0 Å². The Labute approximate surface area is 69.6 Å². The Balaban J connectivity index is 2.41. The second kappa shape index (κ2) is 2.87. The van der Waals surface area contributed by atoms with Gasteiger partial charge in [-0.2, -0.15) is 0 Å². The summed E-state index contributed by atoms with van der Waals surface area (Å²) >= 11 is 0. The van der Waals surface area contributed by atoms with Crippen LogP contribution in [0.3, 0.4) is 0 Å². The van der Waals surface area contributed by atoms with E-state index < -0.39 is 0 Å². The van der Waals surface area contributed by atoms with E-state index in [-0.39, 0.29) is 0 Å². The van der Waals surface area contributed by atoms with Crippen LogP contribution in [0.4, 0.5) is 0 Å².